The highest BCUT2D eigenvalue weighted by atomic mass is 32.2. The molecule has 0 radical (unpaired) electrons. The maximum absolute atomic E-state index is 12.5. The number of aromatic nitrogens is 3. The monoisotopic (exact) mass is 400 g/mol. The molecule has 0 unspecified atom stereocenters. The summed E-state index contributed by atoms with van der Waals surface area (Å²) in [5.41, 5.74) is 8.80. The molecule has 0 bridgehead atoms. The average molecular weight is 401 g/mol. The van der Waals surface area contributed by atoms with Crippen LogP contribution in [0.15, 0.2) is 47.6 Å². The number of fused-ring (bicyclic) bond motifs is 1. The molecule has 2 aromatic heterocycles. The first-order valence-electron chi connectivity index (χ1n) is 9.16. The zero-order valence-corrected chi connectivity index (χ0v) is 16.8. The molecule has 0 saturated heterocycles. The Morgan fingerprint density at radius 2 is 1.75 bits per heavy atom. The second-order valence-corrected chi connectivity index (χ2v) is 8.17. The summed E-state index contributed by atoms with van der Waals surface area (Å²) in [6.45, 7) is 5.21. The molecule has 0 aliphatic carbocycles. The van der Waals surface area contributed by atoms with Crippen molar-refractivity contribution in [3.05, 3.63) is 48.3 Å². The standard InChI is InChI=1S/C19H24N6O2S/c1-3-25(4-2)28(26,27)15-7-5-14(6-8-15)9-10-21-16-13-17(20)24-19-18(16)22-11-12-23-19/h5-8,11-13H,3-4,9-10H2,1-2H3,(H3,20,21,23,24). The summed E-state index contributed by atoms with van der Waals surface area (Å²) in [6, 6.07) is 8.74. The van der Waals surface area contributed by atoms with Crippen LogP contribution >= 0.6 is 0 Å². The lowest BCUT2D eigenvalue weighted by atomic mass is 10.1. The number of rotatable bonds is 8. The van der Waals surface area contributed by atoms with Crippen LogP contribution in [-0.4, -0.2) is 47.3 Å². The minimum absolute atomic E-state index is 0.316. The summed E-state index contributed by atoms with van der Waals surface area (Å²) in [5.74, 6) is 0.376. The van der Waals surface area contributed by atoms with Crippen LogP contribution in [0.2, 0.25) is 0 Å². The Labute approximate surface area is 164 Å². The van der Waals surface area contributed by atoms with Gasteiger partial charge in [-0.1, -0.05) is 26.0 Å². The first kappa shape index (κ1) is 20.0. The van der Waals surface area contributed by atoms with E-state index in [1.165, 1.54) is 4.31 Å². The van der Waals surface area contributed by atoms with Crippen LogP contribution in [0.3, 0.4) is 0 Å². The molecule has 9 heteroatoms. The third-order valence-corrected chi connectivity index (χ3v) is 6.52. The number of nitrogens with one attached hydrogen (secondary N) is 1. The van der Waals surface area contributed by atoms with E-state index in [1.54, 1.807) is 30.6 Å². The number of nitrogen functional groups attached to an aromatic ring is 1. The van der Waals surface area contributed by atoms with Gasteiger partial charge in [0.15, 0.2) is 5.65 Å². The largest absolute Gasteiger partial charge is 0.384 e. The number of nitrogens with two attached hydrogens (primary N) is 1. The van der Waals surface area contributed by atoms with E-state index in [0.717, 1.165) is 17.7 Å². The van der Waals surface area contributed by atoms with Crippen molar-refractivity contribution in [2.75, 3.05) is 30.7 Å². The molecule has 1 aromatic carbocycles. The topological polar surface area (TPSA) is 114 Å². The molecule has 0 amide bonds. The number of anilines is 2. The van der Waals surface area contributed by atoms with Crippen molar-refractivity contribution in [1.82, 2.24) is 19.3 Å². The van der Waals surface area contributed by atoms with E-state index in [0.29, 0.717) is 41.5 Å². The molecular weight excluding hydrogens is 376 g/mol. The Balaban J connectivity index is 1.68. The molecule has 8 nitrogen and oxygen atoms in total. The van der Waals surface area contributed by atoms with Crippen LogP contribution in [0.4, 0.5) is 11.5 Å². The number of nitrogens with zero attached hydrogens (tertiary/aromatic N) is 4. The number of sulfonamides is 1. The van der Waals surface area contributed by atoms with Gasteiger partial charge < -0.3 is 11.1 Å². The second kappa shape index (κ2) is 8.49. The van der Waals surface area contributed by atoms with E-state index in [2.05, 4.69) is 20.3 Å². The van der Waals surface area contributed by atoms with Gasteiger partial charge in [-0.25, -0.2) is 23.4 Å². The second-order valence-electron chi connectivity index (χ2n) is 6.23. The van der Waals surface area contributed by atoms with E-state index in [4.69, 9.17) is 5.73 Å². The van der Waals surface area contributed by atoms with Crippen molar-refractivity contribution in [1.29, 1.82) is 0 Å². The first-order valence-corrected chi connectivity index (χ1v) is 10.6. The Morgan fingerprint density at radius 3 is 2.43 bits per heavy atom. The average Bonchev–Trinajstić information content (AvgIpc) is 2.69. The number of hydrogen-bond donors (Lipinski definition) is 2. The molecule has 3 N–H and O–H groups in total. The van der Waals surface area contributed by atoms with Crippen LogP contribution in [-0.2, 0) is 16.4 Å². The van der Waals surface area contributed by atoms with Gasteiger partial charge >= 0.3 is 0 Å². The van der Waals surface area contributed by atoms with Crippen molar-refractivity contribution < 1.29 is 8.42 Å². The summed E-state index contributed by atoms with van der Waals surface area (Å²) >= 11 is 0. The predicted octanol–water partition coefficient (Wildman–Crippen LogP) is 2.29. The highest BCUT2D eigenvalue weighted by Crippen LogP contribution is 2.21. The van der Waals surface area contributed by atoms with E-state index in [-0.39, 0.29) is 0 Å². The molecule has 0 aliphatic rings. The molecule has 0 saturated carbocycles. The van der Waals surface area contributed by atoms with Crippen molar-refractivity contribution in [3.63, 3.8) is 0 Å². The SMILES string of the molecule is CCN(CC)S(=O)(=O)c1ccc(CCNc2cc(N)nc3nccnc23)cc1. The summed E-state index contributed by atoms with van der Waals surface area (Å²) in [7, 11) is -3.43. The maximum atomic E-state index is 12.5. The zero-order valence-electron chi connectivity index (χ0n) is 16.0. The van der Waals surface area contributed by atoms with Gasteiger partial charge in [0.25, 0.3) is 0 Å². The summed E-state index contributed by atoms with van der Waals surface area (Å²) in [5, 5.41) is 3.31. The highest BCUT2D eigenvalue weighted by Gasteiger charge is 2.21. The summed E-state index contributed by atoms with van der Waals surface area (Å²) < 4.78 is 26.5. The van der Waals surface area contributed by atoms with Gasteiger partial charge in [-0.05, 0) is 24.1 Å². The van der Waals surface area contributed by atoms with Crippen molar-refractivity contribution in [3.8, 4) is 0 Å². The van der Waals surface area contributed by atoms with Gasteiger partial charge in [0.05, 0.1) is 10.6 Å². The Hall–Kier alpha value is -2.78. The molecule has 0 fully saturated rings. The zero-order chi connectivity index (χ0) is 20.1. The number of pyridine rings is 1. The van der Waals surface area contributed by atoms with Crippen molar-refractivity contribution in [2.45, 2.75) is 25.2 Å². The van der Waals surface area contributed by atoms with Crippen LogP contribution in [0, 0.1) is 0 Å². The quantitative estimate of drug-likeness (QED) is 0.596. The third-order valence-electron chi connectivity index (χ3n) is 4.46. The fraction of sp³-hybridized carbons (Fsp3) is 0.316. The van der Waals surface area contributed by atoms with Crippen LogP contribution in [0.25, 0.3) is 11.2 Å². The van der Waals surface area contributed by atoms with Crippen molar-refractivity contribution >= 4 is 32.7 Å². The van der Waals surface area contributed by atoms with Gasteiger partial charge in [-0.2, -0.15) is 4.31 Å². The normalized spacial score (nSPS) is 11.8. The van der Waals surface area contributed by atoms with Crippen LogP contribution in [0.5, 0.6) is 0 Å². The lowest BCUT2D eigenvalue weighted by Gasteiger charge is -2.18. The molecular formula is C19H24N6O2S. The maximum Gasteiger partial charge on any atom is 0.243 e. The first-order chi connectivity index (χ1) is 13.5. The smallest absolute Gasteiger partial charge is 0.243 e. The van der Waals surface area contributed by atoms with Gasteiger partial charge in [0.2, 0.25) is 10.0 Å². The predicted molar refractivity (Wildman–Crippen MR) is 110 cm³/mol. The Kier molecular flexibility index (Phi) is 6.05. The molecule has 148 valence electrons. The van der Waals surface area contributed by atoms with E-state index >= 15 is 0 Å². The Morgan fingerprint density at radius 1 is 1.07 bits per heavy atom. The minimum atomic E-state index is -3.43. The highest BCUT2D eigenvalue weighted by molar-refractivity contribution is 7.89. The lowest BCUT2D eigenvalue weighted by Crippen LogP contribution is -2.30. The molecule has 3 rings (SSSR count). The summed E-state index contributed by atoms with van der Waals surface area (Å²) in [6.07, 6.45) is 3.91. The number of hydrogen-bond acceptors (Lipinski definition) is 7. The third kappa shape index (κ3) is 4.20. The molecule has 3 aromatic rings. The molecule has 0 atom stereocenters. The van der Waals surface area contributed by atoms with Crippen molar-refractivity contribution in [2.24, 2.45) is 0 Å². The van der Waals surface area contributed by atoms with E-state index < -0.39 is 10.0 Å². The summed E-state index contributed by atoms with van der Waals surface area (Å²) in [4.78, 5) is 13.0. The van der Waals surface area contributed by atoms with Gasteiger partial charge in [-0.15, -0.1) is 0 Å². The van der Waals surface area contributed by atoms with E-state index in [1.807, 2.05) is 26.0 Å². The molecule has 28 heavy (non-hydrogen) atoms. The fourth-order valence-electron chi connectivity index (χ4n) is 2.99. The fourth-order valence-corrected chi connectivity index (χ4v) is 4.45. The van der Waals surface area contributed by atoms with Gasteiger partial charge in [0, 0.05) is 38.1 Å². The lowest BCUT2D eigenvalue weighted by molar-refractivity contribution is 0.445. The molecule has 0 spiro atoms. The number of benzene rings is 1. The van der Waals surface area contributed by atoms with E-state index in [9.17, 15) is 8.42 Å². The van der Waals surface area contributed by atoms with Gasteiger partial charge in [-0.3, -0.25) is 0 Å². The Bertz CT molecular complexity index is 1050. The van der Waals surface area contributed by atoms with Crippen LogP contribution < -0.4 is 11.1 Å². The molecule has 0 aliphatic heterocycles. The minimum Gasteiger partial charge on any atom is -0.384 e. The van der Waals surface area contributed by atoms with Crippen LogP contribution in [0.1, 0.15) is 19.4 Å². The molecule has 2 heterocycles. The van der Waals surface area contributed by atoms with Gasteiger partial charge in [0.1, 0.15) is 11.3 Å².